The number of aryl methyl sites for hydroxylation is 1. The Morgan fingerprint density at radius 2 is 2.08 bits per heavy atom. The fourth-order valence-electron chi connectivity index (χ4n) is 5.81. The average molecular weight is 556 g/mol. The molecule has 4 atom stereocenters. The minimum absolute atomic E-state index is 0.0584. The molecule has 2 fully saturated rings. The van der Waals surface area contributed by atoms with Gasteiger partial charge in [-0.05, 0) is 43.7 Å². The summed E-state index contributed by atoms with van der Waals surface area (Å²) in [4.78, 5) is 47.1. The maximum absolute atomic E-state index is 13.6. The molecule has 2 saturated carbocycles. The summed E-state index contributed by atoms with van der Waals surface area (Å²) >= 11 is 0. The van der Waals surface area contributed by atoms with E-state index in [0.717, 1.165) is 0 Å². The third kappa shape index (κ3) is 3.85. The molecule has 0 bridgehead atoms. The van der Waals surface area contributed by atoms with Gasteiger partial charge in [0.2, 0.25) is 11.8 Å². The van der Waals surface area contributed by atoms with Crippen molar-refractivity contribution in [3.05, 3.63) is 34.9 Å². The number of carbonyl (C=O) groups excluding carboxylic acids is 2. The number of primary amides is 1. The quantitative estimate of drug-likeness (QED) is 0.308. The standard InChI is InChI=1S/C26H31N9O5/c1-13-11-26(13,23(27)36)35-21-16(22(32-35)39-3)7-8-19(31-21)30-20-10-17-18(12-28-20)33(2)25(38)34(17)15-6-5-14(9-15)29-24(37)40-4/h7-8,10,12-15H,5-6,9,11H2,1-4H3,(H2,27,36)(H,29,37)(H,28,30,31)/i2D3,4D3. The summed E-state index contributed by atoms with van der Waals surface area (Å²) in [5.41, 5.74) is 4.66. The number of pyridine rings is 2. The topological polar surface area (TPSA) is 173 Å². The van der Waals surface area contributed by atoms with Gasteiger partial charge in [0.1, 0.15) is 17.2 Å². The van der Waals surface area contributed by atoms with Crippen LogP contribution in [0.1, 0.15) is 46.9 Å². The lowest BCUT2D eigenvalue weighted by Gasteiger charge is -2.15. The van der Waals surface area contributed by atoms with Crippen LogP contribution in [-0.2, 0) is 22.0 Å². The van der Waals surface area contributed by atoms with Crippen molar-refractivity contribution in [3.63, 3.8) is 0 Å². The van der Waals surface area contributed by atoms with Crippen LogP contribution in [0.2, 0.25) is 0 Å². The van der Waals surface area contributed by atoms with Gasteiger partial charge in [0, 0.05) is 29.2 Å². The molecule has 6 rings (SSSR count). The van der Waals surface area contributed by atoms with E-state index in [1.165, 1.54) is 28.6 Å². The molecule has 2 aliphatic carbocycles. The van der Waals surface area contributed by atoms with Crippen molar-refractivity contribution in [3.8, 4) is 5.88 Å². The molecule has 0 saturated heterocycles. The summed E-state index contributed by atoms with van der Waals surface area (Å²) in [5.74, 6) is 0.246. The highest BCUT2D eigenvalue weighted by molar-refractivity contribution is 5.91. The molecule has 4 aromatic rings. The number of nitrogens with one attached hydrogen (secondary N) is 2. The van der Waals surface area contributed by atoms with E-state index < -0.39 is 49.3 Å². The van der Waals surface area contributed by atoms with Crippen molar-refractivity contribution < 1.29 is 27.3 Å². The van der Waals surface area contributed by atoms with Crippen LogP contribution in [-0.4, -0.2) is 61.1 Å². The van der Waals surface area contributed by atoms with Crippen LogP contribution >= 0.6 is 0 Å². The van der Waals surface area contributed by atoms with Crippen molar-refractivity contribution in [2.24, 2.45) is 18.6 Å². The number of aromatic nitrogens is 6. The van der Waals surface area contributed by atoms with Crippen molar-refractivity contribution in [1.82, 2.24) is 34.2 Å². The van der Waals surface area contributed by atoms with E-state index in [9.17, 15) is 14.4 Å². The first-order chi connectivity index (χ1) is 21.5. The molecule has 2 amide bonds. The van der Waals surface area contributed by atoms with Gasteiger partial charge >= 0.3 is 11.8 Å². The number of imidazole rings is 1. The lowest BCUT2D eigenvalue weighted by Crippen LogP contribution is -2.36. The maximum Gasteiger partial charge on any atom is 0.407 e. The Morgan fingerprint density at radius 1 is 1.25 bits per heavy atom. The highest BCUT2D eigenvalue weighted by Crippen LogP contribution is 2.51. The normalized spacial score (nSPS) is 26.7. The van der Waals surface area contributed by atoms with Gasteiger partial charge in [-0.25, -0.2) is 24.2 Å². The summed E-state index contributed by atoms with van der Waals surface area (Å²) in [6, 6.07) is 3.88. The number of ether oxygens (including phenoxy) is 2. The summed E-state index contributed by atoms with van der Waals surface area (Å²) in [6.07, 6.45) is 1.69. The lowest BCUT2D eigenvalue weighted by molar-refractivity contribution is -0.123. The van der Waals surface area contributed by atoms with E-state index in [1.54, 1.807) is 12.1 Å². The van der Waals surface area contributed by atoms with Gasteiger partial charge in [-0.1, -0.05) is 6.92 Å². The Balaban J connectivity index is 1.35. The van der Waals surface area contributed by atoms with Crippen LogP contribution in [0.3, 0.4) is 0 Å². The first kappa shape index (κ1) is 19.4. The van der Waals surface area contributed by atoms with Gasteiger partial charge in [-0.2, -0.15) is 0 Å². The number of amides is 2. The molecule has 4 unspecified atom stereocenters. The van der Waals surface area contributed by atoms with Gasteiger partial charge in [0.25, 0.3) is 0 Å². The zero-order valence-corrected chi connectivity index (χ0v) is 21.7. The van der Waals surface area contributed by atoms with Crippen LogP contribution in [0, 0.1) is 5.92 Å². The van der Waals surface area contributed by atoms with E-state index in [-0.39, 0.29) is 35.1 Å². The number of nitrogens with zero attached hydrogens (tertiary/aromatic N) is 6. The molecule has 14 nitrogen and oxygen atoms in total. The zero-order chi connectivity index (χ0) is 33.3. The molecule has 210 valence electrons. The van der Waals surface area contributed by atoms with Crippen LogP contribution < -0.4 is 26.8 Å². The highest BCUT2D eigenvalue weighted by atomic mass is 16.5. The molecule has 4 N–H and O–H groups in total. The molecule has 0 radical (unpaired) electrons. The monoisotopic (exact) mass is 555 g/mol. The van der Waals surface area contributed by atoms with Gasteiger partial charge in [0.15, 0.2) is 5.65 Å². The van der Waals surface area contributed by atoms with Crippen LogP contribution in [0.5, 0.6) is 5.88 Å². The number of carbonyl (C=O) groups is 2. The van der Waals surface area contributed by atoms with Gasteiger partial charge < -0.3 is 25.8 Å². The summed E-state index contributed by atoms with van der Waals surface area (Å²) in [5, 5.41) is 10.6. The largest absolute Gasteiger partial charge is 0.479 e. The second-order valence-electron chi connectivity index (χ2n) is 10.3. The van der Waals surface area contributed by atoms with Crippen molar-refractivity contribution in [2.75, 3.05) is 19.5 Å². The average Bonchev–Trinajstić information content (AvgIpc) is 3.23. The van der Waals surface area contributed by atoms with Gasteiger partial charge in [-0.3, -0.25) is 13.9 Å². The van der Waals surface area contributed by atoms with Crippen molar-refractivity contribution in [1.29, 1.82) is 0 Å². The molecule has 4 heterocycles. The molecule has 0 aromatic carbocycles. The number of fused-ring (bicyclic) bond motifs is 2. The Bertz CT molecular complexity index is 1930. The number of nitrogens with two attached hydrogens (primary N) is 1. The van der Waals surface area contributed by atoms with E-state index in [2.05, 4.69) is 30.4 Å². The fraction of sp³-hybridized carbons (Fsp3) is 0.462. The second-order valence-corrected chi connectivity index (χ2v) is 10.3. The first-order valence-corrected chi connectivity index (χ1v) is 12.7. The number of hydrogen-bond donors (Lipinski definition) is 3. The van der Waals surface area contributed by atoms with Gasteiger partial charge in [-0.15, -0.1) is 5.10 Å². The summed E-state index contributed by atoms with van der Waals surface area (Å²) < 4.78 is 58.6. The summed E-state index contributed by atoms with van der Waals surface area (Å²) in [6.45, 7) is -0.917. The molecular weight excluding hydrogens is 518 g/mol. The number of alkyl carbamates (subject to hydrolysis) is 1. The van der Waals surface area contributed by atoms with E-state index >= 15 is 0 Å². The Hall–Kier alpha value is -4.62. The SMILES string of the molecule is [2H]C([2H])([2H])OC(=O)NC1CCC(n2c(=O)n(C([2H])([2H])[2H])c3cnc(Nc4ccc5c(OC)nn(C6(C(N)=O)CC6C)c5n4)cc32)C1. The van der Waals surface area contributed by atoms with E-state index in [4.69, 9.17) is 18.7 Å². The third-order valence-electron chi connectivity index (χ3n) is 7.97. The van der Waals surface area contributed by atoms with E-state index in [0.29, 0.717) is 40.7 Å². The van der Waals surface area contributed by atoms with Crippen molar-refractivity contribution in [2.45, 2.75) is 50.2 Å². The predicted molar refractivity (Wildman–Crippen MR) is 146 cm³/mol. The maximum atomic E-state index is 13.6. The number of anilines is 2. The number of rotatable bonds is 7. The third-order valence-corrected chi connectivity index (χ3v) is 7.97. The Morgan fingerprint density at radius 3 is 2.77 bits per heavy atom. The predicted octanol–water partition coefficient (Wildman–Crippen LogP) is 1.90. The van der Waals surface area contributed by atoms with E-state index in [1.807, 2.05) is 6.92 Å². The number of hydrogen-bond acceptors (Lipinski definition) is 9. The minimum atomic E-state index is -2.91. The molecular formula is C26H31N9O5. The summed E-state index contributed by atoms with van der Waals surface area (Å²) in [7, 11) is -1.45. The first-order valence-electron chi connectivity index (χ1n) is 15.7. The Labute approximate surface area is 236 Å². The van der Waals surface area contributed by atoms with Crippen LogP contribution in [0.25, 0.3) is 22.1 Å². The molecule has 2 aliphatic rings. The molecule has 0 spiro atoms. The molecule has 40 heavy (non-hydrogen) atoms. The van der Waals surface area contributed by atoms with Crippen LogP contribution in [0.15, 0.2) is 29.2 Å². The smallest absolute Gasteiger partial charge is 0.407 e. The number of methoxy groups -OCH3 is 2. The van der Waals surface area contributed by atoms with Gasteiger partial charge in [0.05, 0.1) is 40.9 Å². The van der Waals surface area contributed by atoms with Crippen LogP contribution in [0.4, 0.5) is 16.4 Å². The minimum Gasteiger partial charge on any atom is -0.479 e. The molecule has 14 heteroatoms. The highest BCUT2D eigenvalue weighted by Gasteiger charge is 2.60. The molecule has 4 aromatic heterocycles. The Kier molecular flexibility index (Phi) is 4.49. The fourth-order valence-corrected chi connectivity index (χ4v) is 5.81. The second kappa shape index (κ2) is 9.24. The zero-order valence-electron chi connectivity index (χ0n) is 27.7. The van der Waals surface area contributed by atoms with Crippen molar-refractivity contribution >= 4 is 45.7 Å². The molecule has 0 aliphatic heterocycles. The lowest BCUT2D eigenvalue weighted by atomic mass is 10.2.